The van der Waals surface area contributed by atoms with E-state index in [1.165, 1.54) is 0 Å². The highest BCUT2D eigenvalue weighted by molar-refractivity contribution is 5.50. The highest BCUT2D eigenvalue weighted by Crippen LogP contribution is 2.28. The van der Waals surface area contributed by atoms with Crippen molar-refractivity contribution in [2.24, 2.45) is 0 Å². The van der Waals surface area contributed by atoms with Crippen molar-refractivity contribution in [3.8, 4) is 17.5 Å². The van der Waals surface area contributed by atoms with Gasteiger partial charge in [-0.05, 0) is 45.4 Å². The monoisotopic (exact) mass is 287 g/mol. The van der Waals surface area contributed by atoms with Crippen LogP contribution in [0.4, 0.5) is 5.69 Å². The first kappa shape index (κ1) is 15.1. The van der Waals surface area contributed by atoms with Crippen LogP contribution in [0.2, 0.25) is 0 Å². The van der Waals surface area contributed by atoms with Gasteiger partial charge in [0, 0.05) is 11.8 Å². The van der Waals surface area contributed by atoms with Gasteiger partial charge < -0.3 is 15.2 Å². The van der Waals surface area contributed by atoms with E-state index in [2.05, 4.69) is 9.97 Å². The lowest BCUT2D eigenvalue weighted by Crippen LogP contribution is -2.09. The molecule has 112 valence electrons. The highest BCUT2D eigenvalue weighted by Gasteiger charge is 2.10. The third-order valence-corrected chi connectivity index (χ3v) is 2.83. The van der Waals surface area contributed by atoms with Crippen LogP contribution in [0, 0.1) is 6.92 Å². The predicted molar refractivity (Wildman–Crippen MR) is 82.8 cm³/mol. The average Bonchev–Trinajstić information content (AvgIpc) is 2.44. The van der Waals surface area contributed by atoms with Gasteiger partial charge >= 0.3 is 0 Å². The predicted octanol–water partition coefficient (Wildman–Crippen LogP) is 3.51. The van der Waals surface area contributed by atoms with Crippen molar-refractivity contribution in [2.45, 2.75) is 40.2 Å². The Balaban J connectivity index is 2.27. The zero-order valence-electron chi connectivity index (χ0n) is 12.9. The molecule has 2 heterocycles. The Morgan fingerprint density at radius 2 is 1.90 bits per heavy atom. The molecule has 0 bridgehead atoms. The van der Waals surface area contributed by atoms with E-state index >= 15 is 0 Å². The Morgan fingerprint density at radius 1 is 1.14 bits per heavy atom. The number of hydrogen-bond acceptors (Lipinski definition) is 5. The van der Waals surface area contributed by atoms with Crippen molar-refractivity contribution in [3.05, 3.63) is 35.7 Å². The number of anilines is 1. The molecule has 0 atom stereocenters. The molecule has 2 rings (SSSR count). The number of nitrogens with zero attached hydrogens (tertiary/aromatic N) is 2. The number of ether oxygens (including phenoxy) is 2. The number of pyridine rings is 2. The van der Waals surface area contributed by atoms with Crippen LogP contribution in [0.5, 0.6) is 17.5 Å². The van der Waals surface area contributed by atoms with Crippen LogP contribution in [0.15, 0.2) is 24.3 Å². The summed E-state index contributed by atoms with van der Waals surface area (Å²) in [6.07, 6.45) is 0.795. The molecule has 0 aliphatic rings. The number of nitrogens with two attached hydrogens (primary N) is 1. The van der Waals surface area contributed by atoms with Crippen molar-refractivity contribution in [3.63, 3.8) is 0 Å². The third-order valence-electron chi connectivity index (χ3n) is 2.83. The smallest absolute Gasteiger partial charge is 0.240 e. The fourth-order valence-corrected chi connectivity index (χ4v) is 1.87. The molecule has 0 radical (unpaired) electrons. The minimum absolute atomic E-state index is 0.00212. The minimum Gasteiger partial charge on any atom is -0.473 e. The van der Waals surface area contributed by atoms with Gasteiger partial charge in [0.25, 0.3) is 0 Å². The van der Waals surface area contributed by atoms with Gasteiger partial charge in [-0.25, -0.2) is 0 Å². The van der Waals surface area contributed by atoms with E-state index in [1.807, 2.05) is 39.8 Å². The summed E-state index contributed by atoms with van der Waals surface area (Å²) in [7, 11) is 0. The lowest BCUT2D eigenvalue weighted by Gasteiger charge is -2.13. The number of hydrogen-bond donors (Lipinski definition) is 1. The molecule has 0 fully saturated rings. The SMILES string of the molecule is CCc1nc(C)ccc1Oc1ccc(N)c(OC(C)C)n1. The first-order valence-corrected chi connectivity index (χ1v) is 7.07. The maximum atomic E-state index is 5.85. The number of aromatic nitrogens is 2. The summed E-state index contributed by atoms with van der Waals surface area (Å²) in [6, 6.07) is 7.27. The van der Waals surface area contributed by atoms with Gasteiger partial charge in [0.05, 0.1) is 17.5 Å². The first-order chi connectivity index (χ1) is 9.99. The summed E-state index contributed by atoms with van der Waals surface area (Å²) >= 11 is 0. The molecule has 0 aliphatic heterocycles. The van der Waals surface area contributed by atoms with Gasteiger partial charge in [-0.15, -0.1) is 0 Å². The Hall–Kier alpha value is -2.30. The van der Waals surface area contributed by atoms with E-state index in [0.29, 0.717) is 23.2 Å². The van der Waals surface area contributed by atoms with E-state index in [1.54, 1.807) is 12.1 Å². The van der Waals surface area contributed by atoms with Crippen molar-refractivity contribution >= 4 is 5.69 Å². The quantitative estimate of drug-likeness (QED) is 0.911. The van der Waals surface area contributed by atoms with Crippen LogP contribution in [0.25, 0.3) is 0 Å². The zero-order chi connectivity index (χ0) is 15.4. The second-order valence-corrected chi connectivity index (χ2v) is 5.06. The second kappa shape index (κ2) is 6.43. The van der Waals surface area contributed by atoms with Crippen molar-refractivity contribution in [1.29, 1.82) is 0 Å². The van der Waals surface area contributed by atoms with Crippen LogP contribution >= 0.6 is 0 Å². The third kappa shape index (κ3) is 3.84. The fourth-order valence-electron chi connectivity index (χ4n) is 1.87. The lowest BCUT2D eigenvalue weighted by molar-refractivity contribution is 0.232. The second-order valence-electron chi connectivity index (χ2n) is 5.06. The Kier molecular flexibility index (Phi) is 4.62. The van der Waals surface area contributed by atoms with E-state index in [9.17, 15) is 0 Å². The molecule has 0 spiro atoms. The van der Waals surface area contributed by atoms with Gasteiger partial charge in [0.15, 0.2) is 5.75 Å². The molecular weight excluding hydrogens is 266 g/mol. The van der Waals surface area contributed by atoms with E-state index in [0.717, 1.165) is 17.8 Å². The van der Waals surface area contributed by atoms with Gasteiger partial charge in [-0.3, -0.25) is 4.98 Å². The molecule has 21 heavy (non-hydrogen) atoms. The Bertz CT molecular complexity index is 627. The summed E-state index contributed by atoms with van der Waals surface area (Å²) < 4.78 is 11.4. The molecule has 2 N–H and O–H groups in total. The topological polar surface area (TPSA) is 70.3 Å². The van der Waals surface area contributed by atoms with Crippen molar-refractivity contribution in [2.75, 3.05) is 5.73 Å². The van der Waals surface area contributed by atoms with Crippen LogP contribution in [0.3, 0.4) is 0 Å². The van der Waals surface area contributed by atoms with Crippen LogP contribution < -0.4 is 15.2 Å². The molecule has 0 saturated carbocycles. The van der Waals surface area contributed by atoms with E-state index in [-0.39, 0.29) is 6.10 Å². The summed E-state index contributed by atoms with van der Waals surface area (Å²) in [6.45, 7) is 7.85. The lowest BCUT2D eigenvalue weighted by atomic mass is 10.2. The van der Waals surface area contributed by atoms with Crippen LogP contribution in [0.1, 0.15) is 32.2 Å². The van der Waals surface area contributed by atoms with E-state index in [4.69, 9.17) is 15.2 Å². The molecule has 5 heteroatoms. The zero-order valence-corrected chi connectivity index (χ0v) is 12.9. The van der Waals surface area contributed by atoms with Crippen molar-refractivity contribution in [1.82, 2.24) is 9.97 Å². The summed E-state index contributed by atoms with van der Waals surface area (Å²) in [5.74, 6) is 1.54. The minimum atomic E-state index is 0.00212. The summed E-state index contributed by atoms with van der Waals surface area (Å²) in [4.78, 5) is 8.78. The molecule has 5 nitrogen and oxygen atoms in total. The standard InChI is InChI=1S/C16H21N3O2/c1-5-13-14(8-6-11(4)18-13)21-15-9-7-12(17)16(19-15)20-10(2)3/h6-10H,5,17H2,1-4H3. The molecule has 0 unspecified atom stereocenters. The molecule has 0 amide bonds. The number of rotatable bonds is 5. The molecule has 0 aromatic carbocycles. The van der Waals surface area contributed by atoms with E-state index < -0.39 is 0 Å². The summed E-state index contributed by atoms with van der Waals surface area (Å²) in [5, 5.41) is 0. The number of nitrogen functional groups attached to an aromatic ring is 1. The molecule has 0 saturated heterocycles. The molecular formula is C16H21N3O2. The van der Waals surface area contributed by atoms with Crippen molar-refractivity contribution < 1.29 is 9.47 Å². The Labute approximate surface area is 125 Å². The normalized spacial score (nSPS) is 10.7. The largest absolute Gasteiger partial charge is 0.473 e. The molecule has 2 aromatic rings. The maximum Gasteiger partial charge on any atom is 0.240 e. The highest BCUT2D eigenvalue weighted by atomic mass is 16.5. The van der Waals surface area contributed by atoms with Gasteiger partial charge in [0.1, 0.15) is 0 Å². The number of aryl methyl sites for hydroxylation is 2. The van der Waals surface area contributed by atoms with Crippen LogP contribution in [-0.2, 0) is 6.42 Å². The first-order valence-electron chi connectivity index (χ1n) is 7.07. The average molecular weight is 287 g/mol. The van der Waals surface area contributed by atoms with Crippen LogP contribution in [-0.4, -0.2) is 16.1 Å². The summed E-state index contributed by atoms with van der Waals surface area (Å²) in [5.41, 5.74) is 8.21. The van der Waals surface area contributed by atoms with Gasteiger partial charge in [-0.1, -0.05) is 6.92 Å². The van der Waals surface area contributed by atoms with Gasteiger partial charge in [-0.2, -0.15) is 4.98 Å². The molecule has 0 aliphatic carbocycles. The molecule has 2 aromatic heterocycles. The Morgan fingerprint density at radius 3 is 2.57 bits per heavy atom. The van der Waals surface area contributed by atoms with Gasteiger partial charge in [0.2, 0.25) is 11.8 Å². The fraction of sp³-hybridized carbons (Fsp3) is 0.375. The maximum absolute atomic E-state index is 5.85.